The number of quaternary nitrogens is 1. The number of carbonyl (C=O) groups is 1. The summed E-state index contributed by atoms with van der Waals surface area (Å²) in [5.41, 5.74) is 1.55. The summed E-state index contributed by atoms with van der Waals surface area (Å²) in [6.07, 6.45) is 1.14. The molecule has 0 saturated carbocycles. The highest BCUT2D eigenvalue weighted by molar-refractivity contribution is 7.90. The first-order chi connectivity index (χ1) is 12.8. The maximum absolute atomic E-state index is 12.3. The first-order valence-electron chi connectivity index (χ1n) is 8.79. The molecular weight excluding hydrogens is 366 g/mol. The molecule has 0 aliphatic carbocycles. The van der Waals surface area contributed by atoms with Crippen LogP contribution in [0, 0.1) is 0 Å². The molecule has 0 atom stereocenters. The Bertz CT molecular complexity index is 905. The minimum absolute atomic E-state index is 0.131. The van der Waals surface area contributed by atoms with E-state index in [1.807, 2.05) is 12.1 Å². The molecule has 0 spiro atoms. The average molecular weight is 390 g/mol. The predicted octanol–water partition coefficient (Wildman–Crippen LogP) is 0.139. The van der Waals surface area contributed by atoms with Crippen molar-refractivity contribution in [3.05, 3.63) is 48.5 Å². The van der Waals surface area contributed by atoms with E-state index in [4.69, 9.17) is 0 Å². The zero-order valence-corrected chi connectivity index (χ0v) is 16.0. The Balaban J connectivity index is 1.52. The van der Waals surface area contributed by atoms with Gasteiger partial charge in [-0.05, 0) is 42.5 Å². The van der Waals surface area contributed by atoms with Crippen LogP contribution in [0.15, 0.2) is 53.4 Å². The number of rotatable bonds is 5. The van der Waals surface area contributed by atoms with Gasteiger partial charge >= 0.3 is 0 Å². The lowest BCUT2D eigenvalue weighted by Crippen LogP contribution is -3.15. The zero-order valence-electron chi connectivity index (χ0n) is 15.2. The second-order valence-corrected chi connectivity index (χ2v) is 8.79. The summed E-state index contributed by atoms with van der Waals surface area (Å²) in [5, 5.41) is 12.2. The van der Waals surface area contributed by atoms with E-state index in [2.05, 4.69) is 10.2 Å². The largest absolute Gasteiger partial charge is 0.508 e. The molecule has 1 aliphatic heterocycles. The fourth-order valence-electron chi connectivity index (χ4n) is 3.16. The molecule has 3 rings (SSSR count). The van der Waals surface area contributed by atoms with Crippen LogP contribution < -0.4 is 15.1 Å². The summed E-state index contributed by atoms with van der Waals surface area (Å²) < 4.78 is 23.2. The molecule has 0 unspecified atom stereocenters. The highest BCUT2D eigenvalue weighted by Gasteiger charge is 2.22. The summed E-state index contributed by atoms with van der Waals surface area (Å²) in [6, 6.07) is 13.4. The average Bonchev–Trinajstić information content (AvgIpc) is 2.62. The van der Waals surface area contributed by atoms with Crippen molar-refractivity contribution in [1.29, 1.82) is 0 Å². The van der Waals surface area contributed by atoms with Gasteiger partial charge in [-0.15, -0.1) is 0 Å². The molecular formula is C19H24N3O4S+. The Morgan fingerprint density at radius 3 is 2.44 bits per heavy atom. The second-order valence-electron chi connectivity index (χ2n) is 6.78. The van der Waals surface area contributed by atoms with Crippen molar-refractivity contribution < 1.29 is 23.2 Å². The van der Waals surface area contributed by atoms with Crippen LogP contribution in [0.5, 0.6) is 5.75 Å². The van der Waals surface area contributed by atoms with Crippen LogP contribution in [0.2, 0.25) is 0 Å². The number of carbonyl (C=O) groups excluding carboxylic acids is 1. The number of benzene rings is 2. The van der Waals surface area contributed by atoms with E-state index in [0.29, 0.717) is 12.2 Å². The molecule has 1 saturated heterocycles. The number of amides is 1. The van der Waals surface area contributed by atoms with Crippen LogP contribution in [0.3, 0.4) is 0 Å². The molecule has 0 bridgehead atoms. The molecule has 8 heteroatoms. The Kier molecular flexibility index (Phi) is 5.67. The van der Waals surface area contributed by atoms with E-state index >= 15 is 0 Å². The van der Waals surface area contributed by atoms with Crippen LogP contribution in [0.25, 0.3) is 0 Å². The Morgan fingerprint density at radius 1 is 1.15 bits per heavy atom. The van der Waals surface area contributed by atoms with Crippen molar-refractivity contribution in [3.63, 3.8) is 0 Å². The molecule has 0 aromatic heterocycles. The quantitative estimate of drug-likeness (QED) is 0.676. The minimum atomic E-state index is -3.30. The smallest absolute Gasteiger partial charge is 0.279 e. The number of anilines is 2. The third-order valence-electron chi connectivity index (χ3n) is 4.64. The minimum Gasteiger partial charge on any atom is -0.508 e. The third-order valence-corrected chi connectivity index (χ3v) is 5.75. The normalized spacial score (nSPS) is 15.5. The van der Waals surface area contributed by atoms with E-state index in [-0.39, 0.29) is 16.6 Å². The molecule has 1 heterocycles. The fraction of sp³-hybridized carbons (Fsp3) is 0.316. The molecule has 2 aromatic rings. The van der Waals surface area contributed by atoms with Gasteiger partial charge in [0.15, 0.2) is 16.4 Å². The van der Waals surface area contributed by atoms with E-state index < -0.39 is 9.84 Å². The molecule has 0 radical (unpaired) electrons. The topological polar surface area (TPSA) is 91.2 Å². The molecule has 7 nitrogen and oxygen atoms in total. The summed E-state index contributed by atoms with van der Waals surface area (Å²) >= 11 is 0. The van der Waals surface area contributed by atoms with E-state index in [9.17, 15) is 18.3 Å². The van der Waals surface area contributed by atoms with Crippen molar-refractivity contribution in [2.45, 2.75) is 4.90 Å². The first kappa shape index (κ1) is 19.2. The summed E-state index contributed by atoms with van der Waals surface area (Å²) in [7, 11) is -3.30. The lowest BCUT2D eigenvalue weighted by molar-refractivity contribution is -0.892. The van der Waals surface area contributed by atoms with Gasteiger partial charge in [-0.1, -0.05) is 6.07 Å². The number of hydrogen-bond donors (Lipinski definition) is 3. The number of piperazine rings is 1. The Labute approximate surface area is 159 Å². The number of phenolic OH excluding ortho intramolecular Hbond substituents is 1. The van der Waals surface area contributed by atoms with Crippen molar-refractivity contribution in [2.75, 3.05) is 49.2 Å². The maximum Gasteiger partial charge on any atom is 0.279 e. The second kappa shape index (κ2) is 7.98. The van der Waals surface area contributed by atoms with Gasteiger partial charge in [0.05, 0.1) is 31.1 Å². The van der Waals surface area contributed by atoms with Gasteiger partial charge in [-0.3, -0.25) is 4.79 Å². The van der Waals surface area contributed by atoms with Gasteiger partial charge < -0.3 is 20.2 Å². The van der Waals surface area contributed by atoms with Crippen LogP contribution in [0.1, 0.15) is 0 Å². The molecule has 3 N–H and O–H groups in total. The SMILES string of the molecule is CS(=O)(=O)c1cccc(NC(=O)C[NH+]2CCN(c3ccc(O)cc3)CC2)c1. The van der Waals surface area contributed by atoms with Crippen molar-refractivity contribution in [2.24, 2.45) is 0 Å². The van der Waals surface area contributed by atoms with Crippen molar-refractivity contribution >= 4 is 27.1 Å². The lowest BCUT2D eigenvalue weighted by atomic mass is 10.2. The monoisotopic (exact) mass is 390 g/mol. The molecule has 144 valence electrons. The van der Waals surface area contributed by atoms with Crippen LogP contribution in [0.4, 0.5) is 11.4 Å². The highest BCUT2D eigenvalue weighted by atomic mass is 32.2. The van der Waals surface area contributed by atoms with Gasteiger partial charge in [0, 0.05) is 17.6 Å². The number of sulfone groups is 1. The maximum atomic E-state index is 12.3. The van der Waals surface area contributed by atoms with Crippen LogP contribution >= 0.6 is 0 Å². The molecule has 1 amide bonds. The molecule has 27 heavy (non-hydrogen) atoms. The molecule has 2 aromatic carbocycles. The Hall–Kier alpha value is -2.58. The van der Waals surface area contributed by atoms with Gasteiger partial charge in [0.2, 0.25) is 0 Å². The van der Waals surface area contributed by atoms with Crippen molar-refractivity contribution in [3.8, 4) is 5.75 Å². The first-order valence-corrected chi connectivity index (χ1v) is 10.7. The standard InChI is InChI=1S/C19H23N3O4S/c1-27(25,26)18-4-2-3-15(13-18)20-19(24)14-21-9-11-22(12-10-21)16-5-7-17(23)8-6-16/h2-8,13,23H,9-12,14H2,1H3,(H,20,24)/p+1. The number of aromatic hydroxyl groups is 1. The van der Waals surface area contributed by atoms with Gasteiger partial charge in [-0.2, -0.15) is 0 Å². The zero-order chi connectivity index (χ0) is 19.4. The predicted molar refractivity (Wildman–Crippen MR) is 104 cm³/mol. The van der Waals surface area contributed by atoms with E-state index in [0.717, 1.165) is 38.1 Å². The van der Waals surface area contributed by atoms with Crippen molar-refractivity contribution in [1.82, 2.24) is 0 Å². The third kappa shape index (κ3) is 5.21. The van der Waals surface area contributed by atoms with Gasteiger partial charge in [0.25, 0.3) is 5.91 Å². The van der Waals surface area contributed by atoms with Gasteiger partial charge in [-0.25, -0.2) is 8.42 Å². The van der Waals surface area contributed by atoms with E-state index in [1.54, 1.807) is 24.3 Å². The summed E-state index contributed by atoms with van der Waals surface area (Å²) in [5.74, 6) is 0.119. The van der Waals surface area contributed by atoms with Crippen LogP contribution in [-0.2, 0) is 14.6 Å². The molecule has 1 fully saturated rings. The highest BCUT2D eigenvalue weighted by Crippen LogP contribution is 2.18. The van der Waals surface area contributed by atoms with E-state index in [1.165, 1.54) is 17.0 Å². The fourth-order valence-corrected chi connectivity index (χ4v) is 3.82. The van der Waals surface area contributed by atoms with Gasteiger partial charge in [0.1, 0.15) is 5.75 Å². The number of hydrogen-bond acceptors (Lipinski definition) is 5. The number of nitrogens with zero attached hydrogens (tertiary/aromatic N) is 1. The number of nitrogens with one attached hydrogen (secondary N) is 2. The number of phenols is 1. The summed E-state index contributed by atoms with van der Waals surface area (Å²) in [6.45, 7) is 3.66. The Morgan fingerprint density at radius 2 is 1.81 bits per heavy atom. The van der Waals surface area contributed by atoms with Crippen LogP contribution in [-0.4, -0.2) is 58.4 Å². The summed E-state index contributed by atoms with van der Waals surface area (Å²) in [4.78, 5) is 15.9. The molecule has 1 aliphatic rings. The lowest BCUT2D eigenvalue weighted by Gasteiger charge is -2.33.